The lowest BCUT2D eigenvalue weighted by molar-refractivity contribution is 0.0677. The van der Waals surface area contributed by atoms with E-state index in [1.165, 1.54) is 5.06 Å². The molecular weight excluding hydrogens is 290 g/mol. The van der Waals surface area contributed by atoms with Crippen molar-refractivity contribution in [3.05, 3.63) is 72.3 Å². The van der Waals surface area contributed by atoms with Gasteiger partial charge in [0.05, 0.1) is 17.9 Å². The van der Waals surface area contributed by atoms with Crippen molar-refractivity contribution >= 4 is 22.4 Å². The first-order valence-electron chi connectivity index (χ1n) is 7.45. The van der Waals surface area contributed by atoms with Gasteiger partial charge in [-0.2, -0.15) is 5.06 Å². The molecule has 0 unspecified atom stereocenters. The Morgan fingerprint density at radius 1 is 1.00 bits per heavy atom. The van der Waals surface area contributed by atoms with Crippen LogP contribution < -0.4 is 5.06 Å². The molecule has 0 saturated heterocycles. The zero-order valence-corrected chi connectivity index (χ0v) is 12.8. The number of nitrogens with zero attached hydrogens (tertiary/aromatic N) is 1. The van der Waals surface area contributed by atoms with Gasteiger partial charge in [-0.1, -0.05) is 42.5 Å². The molecule has 3 aromatic carbocycles. The molecule has 4 heteroatoms. The molecule has 0 aliphatic rings. The smallest absolute Gasteiger partial charge is 0.285 e. The van der Waals surface area contributed by atoms with Crippen molar-refractivity contribution in [1.29, 1.82) is 0 Å². The fourth-order valence-electron chi connectivity index (χ4n) is 2.45. The van der Waals surface area contributed by atoms with Gasteiger partial charge in [-0.15, -0.1) is 0 Å². The van der Waals surface area contributed by atoms with Crippen molar-refractivity contribution in [3.63, 3.8) is 0 Å². The van der Waals surface area contributed by atoms with E-state index in [4.69, 9.17) is 4.84 Å². The Labute approximate surface area is 134 Å². The van der Waals surface area contributed by atoms with Crippen LogP contribution in [0.25, 0.3) is 10.8 Å². The quantitative estimate of drug-likeness (QED) is 0.737. The Morgan fingerprint density at radius 2 is 1.61 bits per heavy atom. The lowest BCUT2D eigenvalue weighted by Gasteiger charge is -2.21. The molecule has 0 spiro atoms. The molecule has 3 aromatic rings. The SMILES string of the molecule is CCON(C(=O)c1cc2ccccc2cc1O)c1ccccc1. The highest BCUT2D eigenvalue weighted by atomic mass is 16.7. The van der Waals surface area contributed by atoms with Crippen molar-refractivity contribution < 1.29 is 14.7 Å². The van der Waals surface area contributed by atoms with E-state index in [2.05, 4.69) is 0 Å². The van der Waals surface area contributed by atoms with Gasteiger partial charge in [0.2, 0.25) is 0 Å². The minimum Gasteiger partial charge on any atom is -0.507 e. The van der Waals surface area contributed by atoms with Gasteiger partial charge in [-0.3, -0.25) is 9.63 Å². The second-order valence-corrected chi connectivity index (χ2v) is 5.07. The second-order valence-electron chi connectivity index (χ2n) is 5.07. The number of amides is 1. The van der Waals surface area contributed by atoms with Crippen LogP contribution in [0.2, 0.25) is 0 Å². The summed E-state index contributed by atoms with van der Waals surface area (Å²) in [5.74, 6) is -0.462. The van der Waals surface area contributed by atoms with E-state index in [1.807, 2.05) is 49.4 Å². The monoisotopic (exact) mass is 307 g/mol. The topological polar surface area (TPSA) is 49.8 Å². The van der Waals surface area contributed by atoms with Gasteiger partial charge in [0.25, 0.3) is 5.91 Å². The van der Waals surface area contributed by atoms with Gasteiger partial charge >= 0.3 is 0 Å². The van der Waals surface area contributed by atoms with Crippen LogP contribution in [-0.2, 0) is 4.84 Å². The summed E-state index contributed by atoms with van der Waals surface area (Å²) in [6, 6.07) is 19.9. The molecule has 3 rings (SSSR count). The summed E-state index contributed by atoms with van der Waals surface area (Å²) in [5.41, 5.74) is 0.827. The van der Waals surface area contributed by atoms with Gasteiger partial charge < -0.3 is 5.11 Å². The average Bonchev–Trinajstić information content (AvgIpc) is 2.59. The van der Waals surface area contributed by atoms with E-state index in [0.717, 1.165) is 10.8 Å². The summed E-state index contributed by atoms with van der Waals surface area (Å²) >= 11 is 0. The van der Waals surface area contributed by atoms with Crippen LogP contribution in [0.3, 0.4) is 0 Å². The number of fused-ring (bicyclic) bond motifs is 1. The molecule has 0 aliphatic carbocycles. The Kier molecular flexibility index (Phi) is 4.26. The normalized spacial score (nSPS) is 10.7. The van der Waals surface area contributed by atoms with Crippen LogP contribution in [-0.4, -0.2) is 17.6 Å². The summed E-state index contributed by atoms with van der Waals surface area (Å²) < 4.78 is 0. The summed E-state index contributed by atoms with van der Waals surface area (Å²) in [4.78, 5) is 18.3. The highest BCUT2D eigenvalue weighted by Gasteiger charge is 2.22. The van der Waals surface area contributed by atoms with Crippen molar-refractivity contribution in [1.82, 2.24) is 0 Å². The number of carbonyl (C=O) groups excluding carboxylic acids is 1. The van der Waals surface area contributed by atoms with E-state index in [-0.39, 0.29) is 11.3 Å². The lowest BCUT2D eigenvalue weighted by atomic mass is 10.1. The number of para-hydroxylation sites is 1. The number of aromatic hydroxyl groups is 1. The Balaban J connectivity index is 2.05. The molecular formula is C19H17NO3. The summed E-state index contributed by atoms with van der Waals surface area (Å²) in [6.45, 7) is 2.15. The van der Waals surface area contributed by atoms with Crippen molar-refractivity contribution in [2.24, 2.45) is 0 Å². The van der Waals surface area contributed by atoms with Crippen molar-refractivity contribution in [2.75, 3.05) is 11.7 Å². The molecule has 0 radical (unpaired) electrons. The molecule has 0 heterocycles. The van der Waals surface area contributed by atoms with Crippen LogP contribution in [0.1, 0.15) is 17.3 Å². The number of hydrogen-bond acceptors (Lipinski definition) is 3. The Hall–Kier alpha value is -2.85. The number of hydrogen-bond donors (Lipinski definition) is 1. The maximum Gasteiger partial charge on any atom is 0.285 e. The fourth-order valence-corrected chi connectivity index (χ4v) is 2.45. The third-order valence-electron chi connectivity index (χ3n) is 3.53. The minimum atomic E-state index is -0.402. The van der Waals surface area contributed by atoms with Gasteiger partial charge in [-0.25, -0.2) is 0 Å². The maximum atomic E-state index is 12.8. The summed E-state index contributed by atoms with van der Waals surface area (Å²) in [6.07, 6.45) is 0. The van der Waals surface area contributed by atoms with Gasteiger partial charge in [0, 0.05) is 0 Å². The zero-order chi connectivity index (χ0) is 16.2. The van der Waals surface area contributed by atoms with Crippen molar-refractivity contribution in [2.45, 2.75) is 6.92 Å². The number of phenols is 1. The molecule has 1 N–H and O–H groups in total. The molecule has 0 saturated carbocycles. The van der Waals surface area contributed by atoms with E-state index in [9.17, 15) is 9.90 Å². The highest BCUT2D eigenvalue weighted by molar-refractivity contribution is 6.08. The fraction of sp³-hybridized carbons (Fsp3) is 0.105. The lowest BCUT2D eigenvalue weighted by Crippen LogP contribution is -2.31. The van der Waals surface area contributed by atoms with E-state index >= 15 is 0 Å². The molecule has 0 aliphatic heterocycles. The molecule has 0 fully saturated rings. The Morgan fingerprint density at radius 3 is 2.26 bits per heavy atom. The standard InChI is InChI=1S/C19H17NO3/c1-2-23-20(16-10-4-3-5-11-16)19(22)17-12-14-8-6-7-9-15(14)13-18(17)21/h3-13,21H,2H2,1H3. The van der Waals surface area contributed by atoms with E-state index in [0.29, 0.717) is 12.3 Å². The van der Waals surface area contributed by atoms with Crippen LogP contribution >= 0.6 is 0 Å². The average molecular weight is 307 g/mol. The predicted octanol–water partition coefficient (Wildman–Crippen LogP) is 4.14. The largest absolute Gasteiger partial charge is 0.507 e. The third-order valence-corrected chi connectivity index (χ3v) is 3.53. The number of carbonyl (C=O) groups is 1. The second kappa shape index (κ2) is 6.50. The van der Waals surface area contributed by atoms with Crippen LogP contribution in [0, 0.1) is 0 Å². The third kappa shape index (κ3) is 3.03. The summed E-state index contributed by atoms with van der Waals surface area (Å²) in [7, 11) is 0. The first kappa shape index (κ1) is 15.1. The predicted molar refractivity (Wildman–Crippen MR) is 90.5 cm³/mol. The van der Waals surface area contributed by atoms with E-state index < -0.39 is 5.91 Å². The molecule has 0 aromatic heterocycles. The molecule has 1 amide bonds. The Bertz CT molecular complexity index is 830. The van der Waals surface area contributed by atoms with Crippen LogP contribution in [0.5, 0.6) is 5.75 Å². The van der Waals surface area contributed by atoms with Gasteiger partial charge in [0.15, 0.2) is 0 Å². The number of rotatable bonds is 4. The molecule has 23 heavy (non-hydrogen) atoms. The number of anilines is 1. The minimum absolute atomic E-state index is 0.0608. The zero-order valence-electron chi connectivity index (χ0n) is 12.8. The molecule has 4 nitrogen and oxygen atoms in total. The first-order valence-corrected chi connectivity index (χ1v) is 7.45. The molecule has 0 bridgehead atoms. The van der Waals surface area contributed by atoms with Gasteiger partial charge in [-0.05, 0) is 42.0 Å². The molecule has 0 atom stereocenters. The number of phenolic OH excluding ortho intramolecular Hbond substituents is 1. The van der Waals surface area contributed by atoms with Crippen LogP contribution in [0.4, 0.5) is 5.69 Å². The van der Waals surface area contributed by atoms with Crippen molar-refractivity contribution in [3.8, 4) is 5.75 Å². The first-order chi connectivity index (χ1) is 11.2. The number of benzene rings is 3. The highest BCUT2D eigenvalue weighted by Crippen LogP contribution is 2.28. The van der Waals surface area contributed by atoms with Gasteiger partial charge in [0.1, 0.15) is 5.75 Å². The summed E-state index contributed by atoms with van der Waals surface area (Å²) in [5, 5.41) is 13.2. The molecule has 116 valence electrons. The number of hydroxylamine groups is 1. The van der Waals surface area contributed by atoms with Crippen LogP contribution in [0.15, 0.2) is 66.7 Å². The van der Waals surface area contributed by atoms with E-state index in [1.54, 1.807) is 24.3 Å². The maximum absolute atomic E-state index is 12.8.